The van der Waals surface area contributed by atoms with Crippen molar-refractivity contribution in [2.45, 2.75) is 25.8 Å². The molecule has 28 heavy (non-hydrogen) atoms. The van der Waals surface area contributed by atoms with Gasteiger partial charge in [0.25, 0.3) is 5.91 Å². The predicted molar refractivity (Wildman–Crippen MR) is 113 cm³/mol. The molecule has 1 aliphatic heterocycles. The molecule has 7 heteroatoms. The number of aromatic hydroxyl groups is 1. The van der Waals surface area contributed by atoms with Gasteiger partial charge in [0.05, 0.1) is 6.04 Å². The molecule has 0 spiro atoms. The summed E-state index contributed by atoms with van der Waals surface area (Å²) in [7, 11) is 0. The molecule has 4 rings (SSSR count). The molecule has 0 bridgehead atoms. The summed E-state index contributed by atoms with van der Waals surface area (Å²) in [5.41, 5.74) is 3.31. The largest absolute Gasteiger partial charge is 0.507 e. The molecular formula is C21H19BrClN3O2. The van der Waals surface area contributed by atoms with Crippen molar-refractivity contribution in [1.82, 2.24) is 15.1 Å². The third-order valence-corrected chi connectivity index (χ3v) is 5.78. The SMILES string of the molecule is CCCCN1C(=O)c2[nH]nc(-c3cc(Cl)ccc3O)c2C1c1ccc(Br)cc1. The fourth-order valence-electron chi connectivity index (χ4n) is 3.65. The van der Waals surface area contributed by atoms with Gasteiger partial charge in [-0.25, -0.2) is 0 Å². The highest BCUT2D eigenvalue weighted by Gasteiger charge is 2.42. The van der Waals surface area contributed by atoms with Crippen LogP contribution in [-0.2, 0) is 0 Å². The first kappa shape index (κ1) is 19.0. The van der Waals surface area contributed by atoms with Crippen LogP contribution in [-0.4, -0.2) is 32.7 Å². The van der Waals surface area contributed by atoms with Crippen LogP contribution in [0.2, 0.25) is 5.02 Å². The number of benzene rings is 2. The third-order valence-electron chi connectivity index (χ3n) is 5.02. The highest BCUT2D eigenvalue weighted by Crippen LogP contribution is 2.45. The topological polar surface area (TPSA) is 69.2 Å². The first-order valence-corrected chi connectivity index (χ1v) is 10.3. The number of aromatic nitrogens is 2. The van der Waals surface area contributed by atoms with E-state index in [0.717, 1.165) is 28.4 Å². The lowest BCUT2D eigenvalue weighted by atomic mass is 9.95. The van der Waals surface area contributed by atoms with Gasteiger partial charge in [-0.1, -0.05) is 53.0 Å². The van der Waals surface area contributed by atoms with Crippen molar-refractivity contribution in [3.05, 3.63) is 68.8 Å². The average Bonchev–Trinajstić information content (AvgIpc) is 3.22. The molecule has 2 aromatic carbocycles. The number of unbranched alkanes of at least 4 members (excludes halogenated alkanes) is 1. The average molecular weight is 461 g/mol. The number of nitrogens with zero attached hydrogens (tertiary/aromatic N) is 2. The second kappa shape index (κ2) is 7.60. The zero-order chi connectivity index (χ0) is 19.8. The van der Waals surface area contributed by atoms with Gasteiger partial charge in [-0.2, -0.15) is 5.10 Å². The van der Waals surface area contributed by atoms with Gasteiger partial charge >= 0.3 is 0 Å². The molecule has 0 fully saturated rings. The van der Waals surface area contributed by atoms with Crippen molar-refractivity contribution in [2.24, 2.45) is 0 Å². The van der Waals surface area contributed by atoms with E-state index in [-0.39, 0.29) is 17.7 Å². The van der Waals surface area contributed by atoms with Gasteiger partial charge in [0.2, 0.25) is 0 Å². The molecule has 0 aliphatic carbocycles. The predicted octanol–water partition coefficient (Wildman–Crippen LogP) is 5.54. The maximum absolute atomic E-state index is 13.1. The van der Waals surface area contributed by atoms with Crippen molar-refractivity contribution in [3.63, 3.8) is 0 Å². The van der Waals surface area contributed by atoms with Crippen LogP contribution in [0.15, 0.2) is 46.9 Å². The second-order valence-electron chi connectivity index (χ2n) is 6.83. The highest BCUT2D eigenvalue weighted by atomic mass is 79.9. The Morgan fingerprint density at radius 3 is 2.71 bits per heavy atom. The lowest BCUT2D eigenvalue weighted by Crippen LogP contribution is -2.30. The van der Waals surface area contributed by atoms with Crippen LogP contribution in [0.4, 0.5) is 0 Å². The van der Waals surface area contributed by atoms with Gasteiger partial charge in [0, 0.05) is 27.2 Å². The number of phenols is 1. The molecule has 144 valence electrons. The fourth-order valence-corrected chi connectivity index (χ4v) is 4.09. The molecule has 1 aliphatic rings. The number of nitrogens with one attached hydrogen (secondary N) is 1. The fraction of sp³-hybridized carbons (Fsp3) is 0.238. The minimum absolute atomic E-state index is 0.0726. The standard InChI is InChI=1S/C21H19BrClN3O2/c1-2-3-10-26-20(12-4-6-13(22)7-5-12)17-18(24-25-19(17)21(26)28)15-11-14(23)8-9-16(15)27/h4-9,11,20,27H,2-3,10H2,1H3,(H,24,25). The van der Waals surface area contributed by atoms with Crippen molar-refractivity contribution < 1.29 is 9.90 Å². The zero-order valence-corrected chi connectivity index (χ0v) is 17.6. The Bertz CT molecular complexity index is 1030. The lowest BCUT2D eigenvalue weighted by molar-refractivity contribution is 0.0741. The number of amides is 1. The van der Waals surface area contributed by atoms with Crippen LogP contribution in [0.25, 0.3) is 11.3 Å². The number of fused-ring (bicyclic) bond motifs is 1. The molecule has 2 heterocycles. The molecule has 1 unspecified atom stereocenters. The zero-order valence-electron chi connectivity index (χ0n) is 15.2. The first-order valence-electron chi connectivity index (χ1n) is 9.14. The van der Waals surface area contributed by atoms with E-state index >= 15 is 0 Å². The van der Waals surface area contributed by atoms with Crippen LogP contribution in [0.3, 0.4) is 0 Å². The highest BCUT2D eigenvalue weighted by molar-refractivity contribution is 9.10. The molecule has 1 amide bonds. The number of aromatic amines is 1. The van der Waals surface area contributed by atoms with Crippen molar-refractivity contribution >= 4 is 33.4 Å². The minimum atomic E-state index is -0.269. The van der Waals surface area contributed by atoms with E-state index < -0.39 is 0 Å². The Kier molecular flexibility index (Phi) is 5.17. The molecule has 5 nitrogen and oxygen atoms in total. The van der Waals surface area contributed by atoms with Gasteiger partial charge in [-0.15, -0.1) is 0 Å². The number of phenolic OH excluding ortho intramolecular Hbond substituents is 1. The van der Waals surface area contributed by atoms with Gasteiger partial charge in [-0.3, -0.25) is 9.89 Å². The van der Waals surface area contributed by atoms with E-state index in [1.54, 1.807) is 18.2 Å². The van der Waals surface area contributed by atoms with E-state index in [4.69, 9.17) is 11.6 Å². The molecule has 1 aromatic heterocycles. The molecule has 0 saturated carbocycles. The Morgan fingerprint density at radius 1 is 1.25 bits per heavy atom. The summed E-state index contributed by atoms with van der Waals surface area (Å²) >= 11 is 9.62. The molecule has 1 atom stereocenters. The minimum Gasteiger partial charge on any atom is -0.507 e. The summed E-state index contributed by atoms with van der Waals surface area (Å²) in [6.45, 7) is 2.75. The van der Waals surface area contributed by atoms with Gasteiger partial charge in [0.15, 0.2) is 0 Å². The first-order chi connectivity index (χ1) is 13.5. The number of rotatable bonds is 5. The van der Waals surface area contributed by atoms with Crippen molar-refractivity contribution in [2.75, 3.05) is 6.54 Å². The van der Waals surface area contributed by atoms with Crippen molar-refractivity contribution in [3.8, 4) is 17.0 Å². The lowest BCUT2D eigenvalue weighted by Gasteiger charge is -2.26. The number of carbonyl (C=O) groups is 1. The summed E-state index contributed by atoms with van der Waals surface area (Å²) in [5, 5.41) is 18.1. The third kappa shape index (κ3) is 3.20. The van der Waals surface area contributed by atoms with Crippen LogP contribution >= 0.6 is 27.5 Å². The van der Waals surface area contributed by atoms with Crippen LogP contribution in [0.1, 0.15) is 47.4 Å². The Balaban J connectivity index is 1.89. The summed E-state index contributed by atoms with van der Waals surface area (Å²) in [6.07, 6.45) is 1.90. The summed E-state index contributed by atoms with van der Waals surface area (Å²) in [4.78, 5) is 15.0. The number of hydrogen-bond donors (Lipinski definition) is 2. The Hall–Kier alpha value is -2.31. The van der Waals surface area contributed by atoms with E-state index in [1.165, 1.54) is 0 Å². The Labute approximate surface area is 176 Å². The van der Waals surface area contributed by atoms with E-state index in [9.17, 15) is 9.90 Å². The quantitative estimate of drug-likeness (QED) is 0.525. The number of H-pyrrole nitrogens is 1. The van der Waals surface area contributed by atoms with Crippen LogP contribution in [0, 0.1) is 0 Å². The molecule has 3 aromatic rings. The van der Waals surface area contributed by atoms with Gasteiger partial charge in [-0.05, 0) is 42.3 Å². The molecule has 0 saturated heterocycles. The number of halogens is 2. The smallest absolute Gasteiger partial charge is 0.273 e. The molecular weight excluding hydrogens is 442 g/mol. The number of carbonyl (C=O) groups excluding carboxylic acids is 1. The van der Waals surface area contributed by atoms with E-state index in [2.05, 4.69) is 33.1 Å². The Morgan fingerprint density at radius 2 is 2.00 bits per heavy atom. The maximum Gasteiger partial charge on any atom is 0.273 e. The summed E-state index contributed by atoms with van der Waals surface area (Å²) < 4.78 is 0.973. The summed E-state index contributed by atoms with van der Waals surface area (Å²) in [5.74, 6) is 0.00403. The summed E-state index contributed by atoms with van der Waals surface area (Å²) in [6, 6.07) is 12.5. The maximum atomic E-state index is 13.1. The van der Waals surface area contributed by atoms with E-state index in [1.807, 2.05) is 29.2 Å². The monoisotopic (exact) mass is 459 g/mol. The van der Waals surface area contributed by atoms with Crippen molar-refractivity contribution in [1.29, 1.82) is 0 Å². The van der Waals surface area contributed by atoms with E-state index in [0.29, 0.717) is 28.5 Å². The normalized spacial score (nSPS) is 15.9. The number of hydrogen-bond acceptors (Lipinski definition) is 3. The van der Waals surface area contributed by atoms with Crippen LogP contribution in [0.5, 0.6) is 5.75 Å². The van der Waals surface area contributed by atoms with Gasteiger partial charge in [0.1, 0.15) is 17.1 Å². The van der Waals surface area contributed by atoms with Crippen LogP contribution < -0.4 is 0 Å². The van der Waals surface area contributed by atoms with Gasteiger partial charge < -0.3 is 10.0 Å². The molecule has 0 radical (unpaired) electrons. The second-order valence-corrected chi connectivity index (χ2v) is 8.18. The molecule has 2 N–H and O–H groups in total.